The molecular weight excluding hydrogens is 1030 g/mol. The van der Waals surface area contributed by atoms with E-state index in [0.717, 1.165) is 73.2 Å². The molecular formula is C56H71N13O11. The summed E-state index contributed by atoms with van der Waals surface area (Å²) in [4.78, 5) is 113. The predicted octanol–water partition coefficient (Wildman–Crippen LogP) is 1.63. The number of nitrogens with zero attached hydrogens (tertiary/aromatic N) is 6. The van der Waals surface area contributed by atoms with Gasteiger partial charge < -0.3 is 56.4 Å². The van der Waals surface area contributed by atoms with Gasteiger partial charge >= 0.3 is 6.01 Å². The van der Waals surface area contributed by atoms with Crippen molar-refractivity contribution in [1.82, 2.24) is 56.2 Å². The van der Waals surface area contributed by atoms with Gasteiger partial charge in [-0.2, -0.15) is 15.2 Å². The van der Waals surface area contributed by atoms with E-state index < -0.39 is 48.9 Å². The van der Waals surface area contributed by atoms with E-state index >= 15 is 0 Å². The van der Waals surface area contributed by atoms with E-state index in [4.69, 9.17) is 19.9 Å². The van der Waals surface area contributed by atoms with E-state index in [2.05, 4.69) is 59.8 Å². The zero-order chi connectivity index (χ0) is 57.0. The number of nitrogen functional groups attached to an aromatic ring is 1. The van der Waals surface area contributed by atoms with Crippen LogP contribution in [0.4, 0.5) is 5.82 Å². The highest BCUT2D eigenvalue weighted by atomic mass is 16.5. The number of unbranched alkanes of at least 4 members (excludes halogenated alkanes) is 3. The number of piperidine rings is 1. The molecule has 7 rings (SSSR count). The molecule has 80 heavy (non-hydrogen) atoms. The van der Waals surface area contributed by atoms with Crippen molar-refractivity contribution in [2.75, 3.05) is 65.4 Å². The molecule has 2 atom stereocenters. The van der Waals surface area contributed by atoms with Crippen LogP contribution in [0.25, 0.3) is 11.0 Å². The molecule has 24 nitrogen and oxygen atoms in total. The lowest BCUT2D eigenvalue weighted by molar-refractivity contribution is -0.138. The topological polar surface area (TPSA) is 323 Å². The van der Waals surface area contributed by atoms with Crippen molar-refractivity contribution in [3.63, 3.8) is 0 Å². The van der Waals surface area contributed by atoms with Crippen LogP contribution < -0.4 is 47.1 Å². The van der Waals surface area contributed by atoms with Gasteiger partial charge in [-0.3, -0.25) is 48.2 Å². The smallest absolute Gasteiger partial charge is 0.320 e. The Bertz CT molecular complexity index is 2910. The van der Waals surface area contributed by atoms with Crippen molar-refractivity contribution >= 4 is 64.1 Å². The molecule has 24 heteroatoms. The molecule has 4 aromatic rings. The van der Waals surface area contributed by atoms with E-state index in [0.29, 0.717) is 61.4 Å². The number of fused-ring (bicyclic) bond motifs is 1. The molecule has 1 saturated carbocycles. The molecule has 2 unspecified atom stereocenters. The highest BCUT2D eigenvalue weighted by molar-refractivity contribution is 6.12. The molecule has 0 radical (unpaired) electrons. The van der Waals surface area contributed by atoms with Crippen molar-refractivity contribution in [2.45, 2.75) is 109 Å². The second kappa shape index (κ2) is 29.5. The number of nitrogens with two attached hydrogens (primary N) is 1. The maximum Gasteiger partial charge on any atom is 0.320 e. The van der Waals surface area contributed by atoms with Crippen LogP contribution >= 0.6 is 0 Å². The molecule has 1 saturated heterocycles. The molecule has 0 bridgehead atoms. The number of likely N-dealkylation sites (tertiary alicyclic amines) is 1. The van der Waals surface area contributed by atoms with Crippen LogP contribution in [0.15, 0.2) is 66.7 Å². The summed E-state index contributed by atoms with van der Waals surface area (Å²) < 4.78 is 19.3. The summed E-state index contributed by atoms with van der Waals surface area (Å²) in [5.74, 6) is -2.95. The summed E-state index contributed by atoms with van der Waals surface area (Å²) in [6.45, 7) is 3.65. The minimum absolute atomic E-state index is 0.0145. The van der Waals surface area contributed by atoms with Gasteiger partial charge in [-0.15, -0.1) is 0 Å². The summed E-state index contributed by atoms with van der Waals surface area (Å²) in [5.41, 5.74) is 9.77. The minimum atomic E-state index is -1.11. The fourth-order valence-corrected chi connectivity index (χ4v) is 9.30. The number of benzene rings is 2. The van der Waals surface area contributed by atoms with Gasteiger partial charge in [0, 0.05) is 62.8 Å². The number of nitriles is 1. The lowest BCUT2D eigenvalue weighted by atomic mass is 10.0. The summed E-state index contributed by atoms with van der Waals surface area (Å²) in [6.07, 6.45) is 8.35. The number of ether oxygens (including phenoxy) is 3. The van der Waals surface area contributed by atoms with Gasteiger partial charge in [-0.1, -0.05) is 62.2 Å². The Morgan fingerprint density at radius 2 is 1.50 bits per heavy atom. The molecule has 4 heterocycles. The van der Waals surface area contributed by atoms with Crippen molar-refractivity contribution in [3.05, 3.63) is 89.1 Å². The molecule has 426 valence electrons. The van der Waals surface area contributed by atoms with Gasteiger partial charge in [-0.05, 0) is 74.1 Å². The third-order valence-electron chi connectivity index (χ3n) is 13.9. The van der Waals surface area contributed by atoms with Crippen LogP contribution in [0.3, 0.4) is 0 Å². The number of hydrogen-bond acceptors (Lipinski definition) is 16. The number of rotatable bonds is 31. The molecule has 8 amide bonds. The number of carbonyl (C=O) groups is 8. The standard InChI is InChI=1S/C56H71N13O11/c1-3-4-25-79-56-65-52(58)42-28-41(29-57)69(53(42)66-56)34-39-15-14-37(27-44(39)78-2)33-67-23-20-40(21-24-67)63-55(77)51(38-16-17-38)80-35-62-47(72)31-61-54(76)43(26-36-11-7-5-8-12-36)64-48(73)32-60-46(71)30-59-45(70)13-9-6-10-22-68-49(74)18-19-50(68)75/h5,7-8,11-12,14-15,18-19,27-28,38,40,43,51H,3-4,6,9-10,13,16-17,20-26,30-35H2,1-2H3,(H,59,70)(H,60,71)(H,61,76)(H,62,72)(H,63,77)(H,64,73)(H2,58,65,66). The Morgan fingerprint density at radius 3 is 2.21 bits per heavy atom. The van der Waals surface area contributed by atoms with Crippen molar-refractivity contribution in [3.8, 4) is 17.8 Å². The lowest BCUT2D eigenvalue weighted by Gasteiger charge is -2.33. The third kappa shape index (κ3) is 17.5. The van der Waals surface area contributed by atoms with E-state index in [9.17, 15) is 43.6 Å². The lowest BCUT2D eigenvalue weighted by Crippen LogP contribution is -2.52. The van der Waals surface area contributed by atoms with Crippen molar-refractivity contribution in [2.24, 2.45) is 5.92 Å². The van der Waals surface area contributed by atoms with Gasteiger partial charge in [-0.25, -0.2) is 0 Å². The van der Waals surface area contributed by atoms with E-state index in [1.165, 1.54) is 12.2 Å². The third-order valence-corrected chi connectivity index (χ3v) is 13.9. The quantitative estimate of drug-likeness (QED) is 0.0214. The summed E-state index contributed by atoms with van der Waals surface area (Å²) >= 11 is 0. The Labute approximate surface area is 463 Å². The summed E-state index contributed by atoms with van der Waals surface area (Å²) in [7, 11) is 1.61. The Morgan fingerprint density at radius 1 is 0.787 bits per heavy atom. The summed E-state index contributed by atoms with van der Waals surface area (Å²) in [6, 6.07) is 17.9. The zero-order valence-electron chi connectivity index (χ0n) is 45.3. The fourth-order valence-electron chi connectivity index (χ4n) is 9.30. The second-order valence-electron chi connectivity index (χ2n) is 20.0. The largest absolute Gasteiger partial charge is 0.496 e. The van der Waals surface area contributed by atoms with Gasteiger partial charge in [0.2, 0.25) is 35.4 Å². The molecule has 0 spiro atoms. The van der Waals surface area contributed by atoms with Gasteiger partial charge in [0.1, 0.15) is 42.2 Å². The maximum absolute atomic E-state index is 13.6. The number of anilines is 1. The first-order valence-electron chi connectivity index (χ1n) is 27.2. The monoisotopic (exact) mass is 1100 g/mol. The first-order chi connectivity index (χ1) is 38.7. The average Bonchev–Trinajstić information content (AvgIpc) is 4.19. The molecule has 2 aromatic heterocycles. The minimum Gasteiger partial charge on any atom is -0.496 e. The average molecular weight is 1100 g/mol. The molecule has 8 N–H and O–H groups in total. The zero-order valence-corrected chi connectivity index (χ0v) is 45.3. The number of imide groups is 1. The van der Waals surface area contributed by atoms with E-state index in [1.807, 2.05) is 18.2 Å². The normalized spacial score (nSPS) is 15.2. The number of hydrogen-bond donors (Lipinski definition) is 7. The molecule has 2 fully saturated rings. The van der Waals surface area contributed by atoms with Gasteiger partial charge in [0.05, 0.1) is 45.3 Å². The SMILES string of the molecule is CCCCOc1nc(N)c2cc(C#N)n(Cc3ccc(CN4CCC(NC(=O)C(OCNC(=O)CNC(=O)C(Cc5ccccc5)NC(=O)CNC(=O)CNC(=O)CCCCCN5C(=O)C=CC5=O)C5CC5)CC4)cc3OC)c2n1. The second-order valence-corrected chi connectivity index (χ2v) is 20.0. The highest BCUT2D eigenvalue weighted by Gasteiger charge is 2.38. The fraction of sp³-hybridized carbons (Fsp3) is 0.482. The molecule has 2 aliphatic heterocycles. The van der Waals surface area contributed by atoms with Crippen molar-refractivity contribution < 1.29 is 52.6 Å². The molecule has 1 aliphatic carbocycles. The van der Waals surface area contributed by atoms with Crippen LogP contribution in [-0.2, 0) is 62.6 Å². The van der Waals surface area contributed by atoms with Crippen LogP contribution in [0.1, 0.15) is 93.5 Å². The molecule has 2 aromatic carbocycles. The Kier molecular flexibility index (Phi) is 21.9. The number of nitrogens with one attached hydrogen (secondary N) is 6. The van der Waals surface area contributed by atoms with Gasteiger partial charge in [0.15, 0.2) is 5.65 Å². The Hall–Kier alpha value is -8.43. The van der Waals surface area contributed by atoms with Crippen LogP contribution in [0, 0.1) is 17.2 Å². The van der Waals surface area contributed by atoms with E-state index in [-0.39, 0.29) is 80.1 Å². The number of methoxy groups -OCH3 is 1. The van der Waals surface area contributed by atoms with Crippen LogP contribution in [0.2, 0.25) is 0 Å². The number of carbonyl (C=O) groups excluding carboxylic acids is 8. The number of aromatic nitrogens is 3. The Balaban J connectivity index is 0.801. The first-order valence-corrected chi connectivity index (χ1v) is 27.2. The van der Waals surface area contributed by atoms with Crippen molar-refractivity contribution in [1.29, 1.82) is 5.26 Å². The highest BCUT2D eigenvalue weighted by Crippen LogP contribution is 2.35. The van der Waals surface area contributed by atoms with Gasteiger partial charge in [0.25, 0.3) is 11.8 Å². The molecule has 3 aliphatic rings. The first kappa shape index (κ1) is 59.2. The van der Waals surface area contributed by atoms with E-state index in [1.54, 1.807) is 48.1 Å². The van der Waals surface area contributed by atoms with Crippen LogP contribution in [-0.4, -0.2) is 149 Å². The maximum atomic E-state index is 13.6. The summed E-state index contributed by atoms with van der Waals surface area (Å²) in [5, 5.41) is 26.4. The van der Waals surface area contributed by atoms with Crippen LogP contribution in [0.5, 0.6) is 11.8 Å². The number of amides is 8. The predicted molar refractivity (Wildman–Crippen MR) is 292 cm³/mol.